The number of benzene rings is 1. The van der Waals surface area contributed by atoms with Crippen molar-refractivity contribution in [3.05, 3.63) is 17.7 Å². The van der Waals surface area contributed by atoms with Crippen molar-refractivity contribution in [3.63, 3.8) is 0 Å². The fraction of sp³-hybridized carbons (Fsp3) is 0.222. The zero-order valence-electron chi connectivity index (χ0n) is 7.35. The van der Waals surface area contributed by atoms with Gasteiger partial charge in [0.2, 0.25) is 0 Å². The van der Waals surface area contributed by atoms with E-state index in [1.54, 1.807) is 18.7 Å². The summed E-state index contributed by atoms with van der Waals surface area (Å²) < 4.78 is 0. The van der Waals surface area contributed by atoms with Crippen LogP contribution < -0.4 is 11.1 Å². The molecule has 1 aromatic rings. The smallest absolute Gasteiger partial charge is 0.0658 e. The first-order valence-corrected chi connectivity index (χ1v) is 5.03. The number of hydrogen-bond acceptors (Lipinski definition) is 4. The van der Waals surface area contributed by atoms with Gasteiger partial charge < -0.3 is 16.5 Å². The second-order valence-electron chi connectivity index (χ2n) is 3.03. The van der Waals surface area contributed by atoms with Crippen LogP contribution in [0.4, 0.5) is 11.4 Å². The van der Waals surface area contributed by atoms with Gasteiger partial charge in [0.1, 0.15) is 0 Å². The fourth-order valence-electron chi connectivity index (χ4n) is 1.37. The quantitative estimate of drug-likeness (QED) is 0.473. The number of nitrogen functional groups attached to an aromatic ring is 1. The highest BCUT2D eigenvalue weighted by atomic mass is 32.2. The molecule has 4 N–H and O–H groups in total. The van der Waals surface area contributed by atoms with Crippen molar-refractivity contribution in [1.29, 1.82) is 5.41 Å². The highest BCUT2D eigenvalue weighted by molar-refractivity contribution is 7.99. The zero-order valence-corrected chi connectivity index (χ0v) is 8.16. The molecule has 0 atom stereocenters. The molecule has 0 fully saturated rings. The van der Waals surface area contributed by atoms with Crippen molar-refractivity contribution in [2.75, 3.05) is 16.9 Å². The second-order valence-corrected chi connectivity index (χ2v) is 4.04. The second kappa shape index (κ2) is 2.96. The van der Waals surface area contributed by atoms with E-state index in [0.29, 0.717) is 11.4 Å². The van der Waals surface area contributed by atoms with Gasteiger partial charge in [-0.15, -0.1) is 11.8 Å². The number of fused-ring (bicyclic) bond motifs is 1. The number of nitrogens with one attached hydrogen (secondary N) is 2. The van der Waals surface area contributed by atoms with E-state index < -0.39 is 0 Å². The number of thioether (sulfide) groups is 1. The van der Waals surface area contributed by atoms with Crippen LogP contribution in [0.3, 0.4) is 0 Å². The molecule has 4 heteroatoms. The first-order valence-electron chi connectivity index (χ1n) is 4.04. The van der Waals surface area contributed by atoms with E-state index >= 15 is 0 Å². The minimum Gasteiger partial charge on any atom is -0.398 e. The Labute approximate surface area is 81.2 Å². The highest BCUT2D eigenvalue weighted by Crippen LogP contribution is 2.36. The Morgan fingerprint density at radius 1 is 1.62 bits per heavy atom. The summed E-state index contributed by atoms with van der Waals surface area (Å²) in [6.45, 7) is 1.76. The molecule has 1 aliphatic rings. The van der Waals surface area contributed by atoms with Crippen molar-refractivity contribution in [1.82, 2.24) is 0 Å². The van der Waals surface area contributed by atoms with Gasteiger partial charge in [0.05, 0.1) is 11.6 Å². The van der Waals surface area contributed by atoms with E-state index in [1.165, 1.54) is 4.90 Å². The van der Waals surface area contributed by atoms with E-state index in [2.05, 4.69) is 5.32 Å². The lowest BCUT2D eigenvalue weighted by molar-refractivity contribution is 1.39. The Hall–Kier alpha value is -1.16. The first-order chi connectivity index (χ1) is 6.18. The lowest BCUT2D eigenvalue weighted by Gasteiger charge is -2.06. The highest BCUT2D eigenvalue weighted by Gasteiger charge is 2.13. The van der Waals surface area contributed by atoms with Crippen LogP contribution in [0.2, 0.25) is 0 Å². The Morgan fingerprint density at radius 2 is 2.38 bits per heavy atom. The summed E-state index contributed by atoms with van der Waals surface area (Å²) in [5.41, 5.74) is 8.94. The molecule has 1 heterocycles. The van der Waals surface area contributed by atoms with Gasteiger partial charge in [-0.25, -0.2) is 0 Å². The van der Waals surface area contributed by atoms with E-state index in [4.69, 9.17) is 11.1 Å². The predicted molar refractivity (Wildman–Crippen MR) is 57.7 cm³/mol. The molecule has 2 rings (SSSR count). The summed E-state index contributed by atoms with van der Waals surface area (Å²) in [5, 5.41) is 10.7. The maximum absolute atomic E-state index is 7.53. The van der Waals surface area contributed by atoms with Crippen LogP contribution in [0.25, 0.3) is 0 Å². The third kappa shape index (κ3) is 1.37. The van der Waals surface area contributed by atoms with Crippen LogP contribution in [-0.2, 0) is 0 Å². The van der Waals surface area contributed by atoms with Crippen molar-refractivity contribution >= 4 is 28.8 Å². The normalized spacial score (nSPS) is 13.6. The van der Waals surface area contributed by atoms with Crippen LogP contribution in [0.5, 0.6) is 0 Å². The van der Waals surface area contributed by atoms with E-state index in [0.717, 1.165) is 17.1 Å². The summed E-state index contributed by atoms with van der Waals surface area (Å²) in [4.78, 5) is 1.19. The molecular formula is C9H11N3S. The number of rotatable bonds is 1. The molecule has 1 aliphatic heterocycles. The van der Waals surface area contributed by atoms with Crippen molar-refractivity contribution < 1.29 is 0 Å². The van der Waals surface area contributed by atoms with E-state index in [9.17, 15) is 0 Å². The first kappa shape index (κ1) is 8.44. The molecule has 0 aliphatic carbocycles. The molecular weight excluding hydrogens is 182 g/mol. The van der Waals surface area contributed by atoms with Gasteiger partial charge in [0.25, 0.3) is 0 Å². The van der Waals surface area contributed by atoms with Crippen molar-refractivity contribution in [3.8, 4) is 0 Å². The maximum Gasteiger partial charge on any atom is 0.0658 e. The largest absolute Gasteiger partial charge is 0.398 e. The number of hydrogen-bond donors (Lipinski definition) is 3. The summed E-state index contributed by atoms with van der Waals surface area (Å²) in [5.74, 6) is 0.898. The molecule has 68 valence electrons. The lowest BCUT2D eigenvalue weighted by atomic mass is 10.1. The number of nitrogens with two attached hydrogens (primary N) is 1. The van der Waals surface area contributed by atoms with Crippen molar-refractivity contribution in [2.24, 2.45) is 0 Å². The SMILES string of the molecule is CC(=N)c1cc2c(cc1N)NCS2. The van der Waals surface area contributed by atoms with Gasteiger partial charge in [-0.2, -0.15) is 0 Å². The van der Waals surface area contributed by atoms with Gasteiger partial charge in [0.15, 0.2) is 0 Å². The van der Waals surface area contributed by atoms with Gasteiger partial charge in [0, 0.05) is 21.9 Å². The van der Waals surface area contributed by atoms with Gasteiger partial charge >= 0.3 is 0 Å². The molecule has 0 aromatic heterocycles. The van der Waals surface area contributed by atoms with Gasteiger partial charge in [-0.05, 0) is 19.1 Å². The summed E-state index contributed by atoms with van der Waals surface area (Å²) in [6.07, 6.45) is 0. The van der Waals surface area contributed by atoms with Crippen LogP contribution in [0, 0.1) is 5.41 Å². The molecule has 0 saturated heterocycles. The summed E-state index contributed by atoms with van der Waals surface area (Å²) in [6, 6.07) is 3.89. The fourth-order valence-corrected chi connectivity index (χ4v) is 2.24. The predicted octanol–water partition coefficient (Wildman–Crippen LogP) is 2.13. The molecule has 13 heavy (non-hydrogen) atoms. The molecule has 3 nitrogen and oxygen atoms in total. The molecule has 0 saturated carbocycles. The molecule has 0 radical (unpaired) electrons. The van der Waals surface area contributed by atoms with Gasteiger partial charge in [-0.3, -0.25) is 0 Å². The van der Waals surface area contributed by atoms with Crippen LogP contribution in [0.15, 0.2) is 17.0 Å². The van der Waals surface area contributed by atoms with Crippen LogP contribution >= 0.6 is 11.8 Å². The molecule has 0 spiro atoms. The third-order valence-corrected chi connectivity index (χ3v) is 2.98. The minimum absolute atomic E-state index is 0.521. The maximum atomic E-state index is 7.53. The van der Waals surface area contributed by atoms with Crippen molar-refractivity contribution in [2.45, 2.75) is 11.8 Å². The van der Waals surface area contributed by atoms with Gasteiger partial charge in [-0.1, -0.05) is 0 Å². The lowest BCUT2D eigenvalue weighted by Crippen LogP contribution is -2.00. The summed E-state index contributed by atoms with van der Waals surface area (Å²) in [7, 11) is 0. The van der Waals surface area contributed by atoms with Crippen LogP contribution in [0.1, 0.15) is 12.5 Å². The molecule has 0 unspecified atom stereocenters. The van der Waals surface area contributed by atoms with E-state index in [-0.39, 0.29) is 0 Å². The Morgan fingerprint density at radius 3 is 3.08 bits per heavy atom. The average molecular weight is 193 g/mol. The Bertz CT molecular complexity index is 373. The monoisotopic (exact) mass is 193 g/mol. The summed E-state index contributed by atoms with van der Waals surface area (Å²) >= 11 is 1.74. The zero-order chi connectivity index (χ0) is 9.42. The molecule has 1 aromatic carbocycles. The minimum atomic E-state index is 0.521. The number of anilines is 2. The third-order valence-electron chi connectivity index (χ3n) is 2.05. The topological polar surface area (TPSA) is 61.9 Å². The Balaban J connectivity index is 2.55. The molecule has 0 amide bonds. The standard InChI is InChI=1S/C9H11N3S/c1-5(10)6-2-9-8(3-7(6)11)12-4-13-9/h2-3,10,12H,4,11H2,1H3. The Kier molecular flexibility index (Phi) is 1.92. The van der Waals surface area contributed by atoms with E-state index in [1.807, 2.05) is 12.1 Å². The average Bonchev–Trinajstić information content (AvgIpc) is 2.48. The van der Waals surface area contributed by atoms with Crippen LogP contribution in [-0.4, -0.2) is 11.6 Å². The molecule has 0 bridgehead atoms.